The number of benzene rings is 2. The molecule has 1 amide bonds. The fourth-order valence-electron chi connectivity index (χ4n) is 2.60. The smallest absolute Gasteiger partial charge is 0.352 e. The standard InChI is InChI=1S/C20H16ClF3N4OS/c1-2-10-25-17(29)12-30-19-27-26-18(15-8-3-4-9-16(15)21)28(19)14-7-5-6-13(11-14)20(22,23)24/h2-9,11H,1,10,12H2,(H,25,29). The van der Waals surface area contributed by atoms with Crippen molar-refractivity contribution in [2.45, 2.75) is 11.3 Å². The average Bonchev–Trinajstić information content (AvgIpc) is 3.14. The van der Waals surface area contributed by atoms with E-state index in [4.69, 9.17) is 11.6 Å². The summed E-state index contributed by atoms with van der Waals surface area (Å²) in [6, 6.07) is 11.6. The van der Waals surface area contributed by atoms with Gasteiger partial charge in [-0.05, 0) is 30.3 Å². The van der Waals surface area contributed by atoms with Gasteiger partial charge in [0.15, 0.2) is 11.0 Å². The number of aromatic nitrogens is 3. The summed E-state index contributed by atoms with van der Waals surface area (Å²) in [6.45, 7) is 3.84. The molecule has 3 rings (SSSR count). The molecule has 1 N–H and O–H groups in total. The number of carbonyl (C=O) groups is 1. The van der Waals surface area contributed by atoms with E-state index >= 15 is 0 Å². The van der Waals surface area contributed by atoms with Gasteiger partial charge in [-0.3, -0.25) is 9.36 Å². The lowest BCUT2D eigenvalue weighted by Crippen LogP contribution is -2.25. The lowest BCUT2D eigenvalue weighted by molar-refractivity contribution is -0.137. The molecule has 0 spiro atoms. The van der Waals surface area contributed by atoms with Gasteiger partial charge in [0.1, 0.15) is 0 Å². The normalized spacial score (nSPS) is 11.3. The van der Waals surface area contributed by atoms with Gasteiger partial charge in [0.25, 0.3) is 0 Å². The molecular weight excluding hydrogens is 437 g/mol. The maximum atomic E-state index is 13.2. The fourth-order valence-corrected chi connectivity index (χ4v) is 3.60. The van der Waals surface area contributed by atoms with Crippen LogP contribution in [0.2, 0.25) is 5.02 Å². The molecule has 0 bridgehead atoms. The molecule has 2 aromatic carbocycles. The topological polar surface area (TPSA) is 59.8 Å². The Hall–Kier alpha value is -2.78. The third kappa shape index (κ3) is 5.03. The van der Waals surface area contributed by atoms with E-state index < -0.39 is 11.7 Å². The van der Waals surface area contributed by atoms with Gasteiger partial charge >= 0.3 is 6.18 Å². The maximum absolute atomic E-state index is 13.2. The van der Waals surface area contributed by atoms with Crippen LogP contribution in [-0.4, -0.2) is 33.0 Å². The van der Waals surface area contributed by atoms with Crippen molar-refractivity contribution in [2.24, 2.45) is 0 Å². The van der Waals surface area contributed by atoms with E-state index in [1.165, 1.54) is 16.7 Å². The summed E-state index contributed by atoms with van der Waals surface area (Å²) in [4.78, 5) is 11.9. The van der Waals surface area contributed by atoms with Crippen LogP contribution >= 0.6 is 23.4 Å². The number of nitrogens with zero attached hydrogens (tertiary/aromatic N) is 3. The first-order valence-electron chi connectivity index (χ1n) is 8.69. The Bertz CT molecular complexity index is 1070. The molecule has 10 heteroatoms. The van der Waals surface area contributed by atoms with Crippen molar-refractivity contribution in [1.29, 1.82) is 0 Å². The number of hydrogen-bond donors (Lipinski definition) is 1. The lowest BCUT2D eigenvalue weighted by Gasteiger charge is -2.13. The molecule has 1 aromatic heterocycles. The highest BCUT2D eigenvalue weighted by atomic mass is 35.5. The summed E-state index contributed by atoms with van der Waals surface area (Å²) in [5.41, 5.74) is -0.0933. The van der Waals surface area contributed by atoms with Gasteiger partial charge in [-0.25, -0.2) is 0 Å². The van der Waals surface area contributed by atoms with Gasteiger partial charge in [0.05, 0.1) is 22.0 Å². The van der Waals surface area contributed by atoms with Crippen molar-refractivity contribution in [3.63, 3.8) is 0 Å². The summed E-state index contributed by atoms with van der Waals surface area (Å²) < 4.78 is 41.2. The quantitative estimate of drug-likeness (QED) is 0.405. The molecule has 3 aromatic rings. The number of nitrogens with one attached hydrogen (secondary N) is 1. The van der Waals surface area contributed by atoms with Gasteiger partial charge in [0, 0.05) is 12.1 Å². The number of carbonyl (C=O) groups excluding carboxylic acids is 1. The molecule has 0 radical (unpaired) electrons. The van der Waals surface area contributed by atoms with E-state index in [9.17, 15) is 18.0 Å². The Morgan fingerprint density at radius 2 is 1.97 bits per heavy atom. The van der Waals surface area contributed by atoms with Crippen molar-refractivity contribution in [1.82, 2.24) is 20.1 Å². The summed E-state index contributed by atoms with van der Waals surface area (Å²) >= 11 is 7.33. The number of thioether (sulfide) groups is 1. The second-order valence-electron chi connectivity index (χ2n) is 6.05. The second-order valence-corrected chi connectivity index (χ2v) is 7.40. The van der Waals surface area contributed by atoms with Gasteiger partial charge in [-0.1, -0.05) is 47.6 Å². The SMILES string of the molecule is C=CCNC(=O)CSc1nnc(-c2ccccc2Cl)n1-c1cccc(C(F)(F)F)c1. The zero-order valence-electron chi connectivity index (χ0n) is 15.5. The minimum Gasteiger partial charge on any atom is -0.352 e. The minimum atomic E-state index is -4.51. The average molecular weight is 453 g/mol. The van der Waals surface area contributed by atoms with Crippen LogP contribution in [0.25, 0.3) is 17.1 Å². The van der Waals surface area contributed by atoms with E-state index in [1.807, 2.05) is 0 Å². The van der Waals surface area contributed by atoms with Crippen LogP contribution in [0.15, 0.2) is 66.3 Å². The molecule has 0 atom stereocenters. The Morgan fingerprint density at radius 1 is 1.20 bits per heavy atom. The monoisotopic (exact) mass is 452 g/mol. The predicted octanol–water partition coefficient (Wildman–Crippen LogP) is 5.00. The molecule has 0 fully saturated rings. The first kappa shape index (κ1) is 21.9. The molecule has 0 aliphatic heterocycles. The third-order valence-corrected chi connectivity index (χ3v) is 5.21. The molecular formula is C20H16ClF3N4OS. The Balaban J connectivity index is 2.06. The molecule has 30 heavy (non-hydrogen) atoms. The maximum Gasteiger partial charge on any atom is 0.416 e. The van der Waals surface area contributed by atoms with Crippen molar-refractivity contribution in [3.8, 4) is 17.1 Å². The highest BCUT2D eigenvalue weighted by molar-refractivity contribution is 7.99. The zero-order chi connectivity index (χ0) is 21.7. The predicted molar refractivity (Wildman–Crippen MR) is 111 cm³/mol. The minimum absolute atomic E-state index is 0.00740. The van der Waals surface area contributed by atoms with Crippen LogP contribution in [0, 0.1) is 0 Å². The first-order valence-corrected chi connectivity index (χ1v) is 10.1. The van der Waals surface area contributed by atoms with E-state index in [0.29, 0.717) is 17.1 Å². The van der Waals surface area contributed by atoms with E-state index in [2.05, 4.69) is 22.1 Å². The lowest BCUT2D eigenvalue weighted by atomic mass is 10.1. The third-order valence-electron chi connectivity index (χ3n) is 3.96. The summed E-state index contributed by atoms with van der Waals surface area (Å²) in [5.74, 6) is 0.0136. The molecule has 0 saturated heterocycles. The van der Waals surface area contributed by atoms with Crippen molar-refractivity contribution in [2.75, 3.05) is 12.3 Å². The van der Waals surface area contributed by atoms with Crippen LogP contribution in [0.1, 0.15) is 5.56 Å². The van der Waals surface area contributed by atoms with Crippen LogP contribution < -0.4 is 5.32 Å². The Morgan fingerprint density at radius 3 is 2.67 bits per heavy atom. The van der Waals surface area contributed by atoms with E-state index in [-0.39, 0.29) is 28.3 Å². The molecule has 5 nitrogen and oxygen atoms in total. The highest BCUT2D eigenvalue weighted by Gasteiger charge is 2.31. The molecule has 0 aliphatic carbocycles. The number of alkyl halides is 3. The van der Waals surface area contributed by atoms with Crippen LogP contribution in [-0.2, 0) is 11.0 Å². The number of amides is 1. The Labute approximate surface area is 180 Å². The molecule has 1 heterocycles. The van der Waals surface area contributed by atoms with Crippen molar-refractivity contribution >= 4 is 29.3 Å². The van der Waals surface area contributed by atoms with Crippen molar-refractivity contribution < 1.29 is 18.0 Å². The fraction of sp³-hybridized carbons (Fsp3) is 0.150. The summed E-state index contributed by atoms with van der Waals surface area (Å²) in [7, 11) is 0. The van der Waals surface area contributed by atoms with Crippen LogP contribution in [0.5, 0.6) is 0 Å². The molecule has 0 aliphatic rings. The van der Waals surface area contributed by atoms with Crippen LogP contribution in [0.4, 0.5) is 13.2 Å². The molecule has 0 saturated carbocycles. The zero-order valence-corrected chi connectivity index (χ0v) is 17.1. The van der Waals surface area contributed by atoms with Crippen molar-refractivity contribution in [3.05, 3.63) is 71.8 Å². The number of rotatable bonds is 7. The highest BCUT2D eigenvalue weighted by Crippen LogP contribution is 2.34. The molecule has 156 valence electrons. The number of hydrogen-bond acceptors (Lipinski definition) is 4. The van der Waals surface area contributed by atoms with Crippen LogP contribution in [0.3, 0.4) is 0 Å². The second kappa shape index (κ2) is 9.36. The van der Waals surface area contributed by atoms with Gasteiger partial charge in [-0.2, -0.15) is 13.2 Å². The molecule has 0 unspecified atom stereocenters. The van der Waals surface area contributed by atoms with Gasteiger partial charge in [0.2, 0.25) is 5.91 Å². The first-order chi connectivity index (χ1) is 14.3. The van der Waals surface area contributed by atoms with E-state index in [1.54, 1.807) is 30.3 Å². The van der Waals surface area contributed by atoms with Gasteiger partial charge in [-0.15, -0.1) is 16.8 Å². The van der Waals surface area contributed by atoms with E-state index in [0.717, 1.165) is 23.9 Å². The van der Waals surface area contributed by atoms with Gasteiger partial charge < -0.3 is 5.32 Å². The number of halogens is 4. The summed E-state index contributed by atoms with van der Waals surface area (Å²) in [6.07, 6.45) is -2.96. The summed E-state index contributed by atoms with van der Waals surface area (Å²) in [5, 5.41) is 11.5. The Kier molecular flexibility index (Phi) is 6.84. The largest absolute Gasteiger partial charge is 0.416 e.